The maximum Gasteiger partial charge on any atom is 0.243 e. The summed E-state index contributed by atoms with van der Waals surface area (Å²) < 4.78 is 33.6. The monoisotopic (exact) mass is 497 g/mol. The number of methoxy groups -OCH3 is 1. The van der Waals surface area contributed by atoms with Crippen LogP contribution in [-0.2, 0) is 26.0 Å². The highest BCUT2D eigenvalue weighted by molar-refractivity contribution is 7.89. The van der Waals surface area contributed by atoms with E-state index in [1.807, 2.05) is 11.8 Å². The van der Waals surface area contributed by atoms with Crippen molar-refractivity contribution in [3.05, 3.63) is 48.0 Å². The minimum Gasteiger partial charge on any atom is -0.497 e. The largest absolute Gasteiger partial charge is 0.497 e. The molecule has 8 nitrogen and oxygen atoms in total. The SMILES string of the molecule is COc1ccc(NC(=O)C2CCCN(S(=O)(=O)c3ccc4c(c3)CC(C)N4C(=O)C3CC3)C2)cc1. The van der Waals surface area contributed by atoms with Gasteiger partial charge in [0, 0.05) is 36.4 Å². The molecule has 0 radical (unpaired) electrons. The second-order valence-electron chi connectivity index (χ2n) is 9.75. The van der Waals surface area contributed by atoms with E-state index in [4.69, 9.17) is 4.74 Å². The lowest BCUT2D eigenvalue weighted by atomic mass is 9.99. The molecular weight excluding hydrogens is 466 g/mol. The number of carbonyl (C=O) groups excluding carboxylic acids is 2. The molecule has 0 aromatic heterocycles. The van der Waals surface area contributed by atoms with E-state index in [0.29, 0.717) is 37.2 Å². The highest BCUT2D eigenvalue weighted by atomic mass is 32.2. The predicted molar refractivity (Wildman–Crippen MR) is 133 cm³/mol. The van der Waals surface area contributed by atoms with Crippen molar-refractivity contribution in [3.8, 4) is 5.75 Å². The van der Waals surface area contributed by atoms with Crippen molar-refractivity contribution in [2.45, 2.75) is 50.0 Å². The van der Waals surface area contributed by atoms with E-state index in [1.165, 1.54) is 4.31 Å². The minimum atomic E-state index is -3.76. The number of rotatable bonds is 6. The molecule has 0 bridgehead atoms. The van der Waals surface area contributed by atoms with Crippen molar-refractivity contribution < 1.29 is 22.7 Å². The van der Waals surface area contributed by atoms with E-state index < -0.39 is 15.9 Å². The molecule has 2 unspecified atom stereocenters. The lowest BCUT2D eigenvalue weighted by Gasteiger charge is -2.31. The summed E-state index contributed by atoms with van der Waals surface area (Å²) in [6.45, 7) is 2.53. The first kappa shape index (κ1) is 23.8. The second kappa shape index (κ2) is 9.28. The van der Waals surface area contributed by atoms with Gasteiger partial charge in [-0.1, -0.05) is 0 Å². The number of piperidine rings is 1. The summed E-state index contributed by atoms with van der Waals surface area (Å²) in [6.07, 6.45) is 3.77. The van der Waals surface area contributed by atoms with Gasteiger partial charge in [0.05, 0.1) is 17.9 Å². The molecule has 186 valence electrons. The van der Waals surface area contributed by atoms with Gasteiger partial charge >= 0.3 is 0 Å². The zero-order valence-corrected chi connectivity index (χ0v) is 20.9. The van der Waals surface area contributed by atoms with Gasteiger partial charge in [-0.25, -0.2) is 8.42 Å². The molecule has 35 heavy (non-hydrogen) atoms. The summed E-state index contributed by atoms with van der Waals surface area (Å²) >= 11 is 0. The number of carbonyl (C=O) groups is 2. The number of nitrogens with one attached hydrogen (secondary N) is 1. The molecule has 2 atom stereocenters. The fourth-order valence-corrected chi connectivity index (χ4v) is 6.65. The molecule has 2 heterocycles. The standard InChI is InChI=1S/C26H31N3O5S/c1-17-14-20-15-23(11-12-24(20)29(17)26(31)18-5-6-18)35(32,33)28-13-3-4-19(16-28)25(30)27-21-7-9-22(34-2)10-8-21/h7-12,15,17-19H,3-6,13-14,16H2,1-2H3,(H,27,30). The van der Waals surface area contributed by atoms with Gasteiger partial charge in [-0.2, -0.15) is 4.31 Å². The van der Waals surface area contributed by atoms with Crippen molar-refractivity contribution in [2.24, 2.45) is 11.8 Å². The molecule has 1 N–H and O–H groups in total. The van der Waals surface area contributed by atoms with Gasteiger partial charge in [0.15, 0.2) is 0 Å². The maximum absolute atomic E-state index is 13.5. The third-order valence-corrected chi connectivity index (χ3v) is 9.04. The Labute approximate surface area is 206 Å². The Morgan fingerprint density at radius 2 is 1.77 bits per heavy atom. The fraction of sp³-hybridized carbons (Fsp3) is 0.462. The molecule has 2 amide bonds. The van der Waals surface area contributed by atoms with Gasteiger partial charge in [-0.05, 0) is 87.1 Å². The van der Waals surface area contributed by atoms with E-state index in [9.17, 15) is 18.0 Å². The van der Waals surface area contributed by atoms with E-state index >= 15 is 0 Å². The normalized spacial score (nSPS) is 22.5. The first-order chi connectivity index (χ1) is 16.8. The smallest absolute Gasteiger partial charge is 0.243 e. The average Bonchev–Trinajstić information content (AvgIpc) is 3.66. The maximum atomic E-state index is 13.5. The number of amides is 2. The Hall–Kier alpha value is -2.91. The molecule has 2 aromatic rings. The van der Waals surface area contributed by atoms with Crippen LogP contribution in [0.4, 0.5) is 11.4 Å². The first-order valence-corrected chi connectivity index (χ1v) is 13.6. The van der Waals surface area contributed by atoms with Crippen LogP contribution < -0.4 is 15.0 Å². The fourth-order valence-electron chi connectivity index (χ4n) is 5.07. The second-order valence-corrected chi connectivity index (χ2v) is 11.7. The lowest BCUT2D eigenvalue weighted by molar-refractivity contribution is -0.121. The highest BCUT2D eigenvalue weighted by Crippen LogP contribution is 2.40. The predicted octanol–water partition coefficient (Wildman–Crippen LogP) is 3.42. The minimum absolute atomic E-state index is 0.0251. The van der Waals surface area contributed by atoms with Crippen molar-refractivity contribution in [1.82, 2.24) is 4.31 Å². The zero-order chi connectivity index (χ0) is 24.7. The Kier molecular flexibility index (Phi) is 6.31. The average molecular weight is 498 g/mol. The third kappa shape index (κ3) is 4.67. The Morgan fingerprint density at radius 3 is 2.46 bits per heavy atom. The number of sulfonamides is 1. The molecule has 2 aromatic carbocycles. The van der Waals surface area contributed by atoms with Gasteiger partial charge in [0.2, 0.25) is 21.8 Å². The topological polar surface area (TPSA) is 96.0 Å². The molecule has 2 fully saturated rings. The van der Waals surface area contributed by atoms with Gasteiger partial charge in [0.25, 0.3) is 0 Å². The van der Waals surface area contributed by atoms with Gasteiger partial charge in [-0.3, -0.25) is 9.59 Å². The zero-order valence-electron chi connectivity index (χ0n) is 20.1. The molecule has 1 saturated carbocycles. The van der Waals surface area contributed by atoms with Crippen molar-refractivity contribution >= 4 is 33.2 Å². The van der Waals surface area contributed by atoms with Crippen LogP contribution in [-0.4, -0.2) is 50.8 Å². The number of ether oxygens (including phenoxy) is 1. The Balaban J connectivity index is 1.30. The van der Waals surface area contributed by atoms with Gasteiger partial charge in [-0.15, -0.1) is 0 Å². The summed E-state index contributed by atoms with van der Waals surface area (Å²) in [5.74, 6) is 0.338. The molecule has 1 saturated heterocycles. The molecular formula is C26H31N3O5S. The molecule has 5 rings (SSSR count). The number of nitrogens with zero attached hydrogens (tertiary/aromatic N) is 2. The Morgan fingerprint density at radius 1 is 1.03 bits per heavy atom. The van der Waals surface area contributed by atoms with Crippen LogP contribution in [0.3, 0.4) is 0 Å². The van der Waals surface area contributed by atoms with E-state index in [1.54, 1.807) is 49.6 Å². The highest BCUT2D eigenvalue weighted by Gasteiger charge is 2.40. The summed E-state index contributed by atoms with van der Waals surface area (Å²) in [5.41, 5.74) is 2.36. The number of hydrogen-bond donors (Lipinski definition) is 1. The molecule has 0 spiro atoms. The molecule has 3 aliphatic rings. The summed E-state index contributed by atoms with van der Waals surface area (Å²) in [7, 11) is -2.18. The Bertz CT molecular complexity index is 1240. The van der Waals surface area contributed by atoms with Crippen LogP contribution in [0.25, 0.3) is 0 Å². The van der Waals surface area contributed by atoms with Crippen molar-refractivity contribution in [2.75, 3.05) is 30.4 Å². The van der Waals surface area contributed by atoms with Crippen LogP contribution in [0.15, 0.2) is 47.4 Å². The number of hydrogen-bond acceptors (Lipinski definition) is 5. The summed E-state index contributed by atoms with van der Waals surface area (Å²) in [6, 6.07) is 12.2. The van der Waals surface area contributed by atoms with Crippen LogP contribution in [0.2, 0.25) is 0 Å². The van der Waals surface area contributed by atoms with E-state index in [-0.39, 0.29) is 35.2 Å². The van der Waals surface area contributed by atoms with Gasteiger partial charge in [0.1, 0.15) is 5.75 Å². The van der Waals surface area contributed by atoms with Crippen LogP contribution in [0.5, 0.6) is 5.75 Å². The molecule has 9 heteroatoms. The van der Waals surface area contributed by atoms with Crippen LogP contribution in [0.1, 0.15) is 38.2 Å². The van der Waals surface area contributed by atoms with E-state index in [2.05, 4.69) is 5.32 Å². The molecule has 2 aliphatic heterocycles. The summed E-state index contributed by atoms with van der Waals surface area (Å²) in [4.78, 5) is 27.7. The number of fused-ring (bicyclic) bond motifs is 1. The van der Waals surface area contributed by atoms with E-state index in [0.717, 1.165) is 24.1 Å². The first-order valence-electron chi connectivity index (χ1n) is 12.2. The molecule has 1 aliphatic carbocycles. The van der Waals surface area contributed by atoms with Crippen molar-refractivity contribution in [3.63, 3.8) is 0 Å². The third-order valence-electron chi connectivity index (χ3n) is 7.18. The van der Waals surface area contributed by atoms with Gasteiger partial charge < -0.3 is 15.0 Å². The number of benzene rings is 2. The lowest BCUT2D eigenvalue weighted by Crippen LogP contribution is -2.43. The number of anilines is 2. The van der Waals surface area contributed by atoms with Crippen molar-refractivity contribution in [1.29, 1.82) is 0 Å². The quantitative estimate of drug-likeness (QED) is 0.660. The van der Waals surface area contributed by atoms with Crippen LogP contribution in [0, 0.1) is 11.8 Å². The van der Waals surface area contributed by atoms with Crippen LogP contribution >= 0.6 is 0 Å². The summed E-state index contributed by atoms with van der Waals surface area (Å²) in [5, 5.41) is 2.89.